The van der Waals surface area contributed by atoms with Crippen LogP contribution in [0.25, 0.3) is 0 Å². The summed E-state index contributed by atoms with van der Waals surface area (Å²) in [5.74, 6) is -0.0237. The third-order valence-corrected chi connectivity index (χ3v) is 4.71. The second-order valence-electron chi connectivity index (χ2n) is 4.81. The fourth-order valence-corrected chi connectivity index (χ4v) is 2.59. The first-order valence-corrected chi connectivity index (χ1v) is 6.82. The number of aryl methyl sites for hydroxylation is 1. The SMILES string of the molecule is C=C(S(=O)c1ccc(C)cc1)C(C)(O)C(C)C. The van der Waals surface area contributed by atoms with Crippen molar-refractivity contribution < 1.29 is 9.32 Å². The van der Waals surface area contributed by atoms with E-state index in [0.717, 1.165) is 5.56 Å². The Balaban J connectivity index is 2.99. The van der Waals surface area contributed by atoms with Gasteiger partial charge in [-0.1, -0.05) is 38.1 Å². The summed E-state index contributed by atoms with van der Waals surface area (Å²) in [6.45, 7) is 11.2. The molecule has 0 saturated carbocycles. The molecular weight excluding hydrogens is 232 g/mol. The quantitative estimate of drug-likeness (QED) is 0.894. The standard InChI is InChI=1S/C14H20O2S/c1-10(2)14(5,15)12(4)17(16)13-8-6-11(3)7-9-13/h6-10,15H,4H2,1-3,5H3. The summed E-state index contributed by atoms with van der Waals surface area (Å²) in [6, 6.07) is 7.44. The molecule has 2 unspecified atom stereocenters. The molecule has 0 spiro atoms. The Hall–Kier alpha value is -0.930. The summed E-state index contributed by atoms with van der Waals surface area (Å²) < 4.78 is 12.3. The van der Waals surface area contributed by atoms with Crippen molar-refractivity contribution >= 4 is 10.8 Å². The van der Waals surface area contributed by atoms with Gasteiger partial charge in [0.05, 0.1) is 16.4 Å². The molecule has 0 saturated heterocycles. The normalized spacial score (nSPS) is 16.6. The van der Waals surface area contributed by atoms with Gasteiger partial charge in [0.25, 0.3) is 0 Å². The summed E-state index contributed by atoms with van der Waals surface area (Å²) in [7, 11) is -1.37. The second kappa shape index (κ2) is 5.15. The van der Waals surface area contributed by atoms with Crippen molar-refractivity contribution in [2.45, 2.75) is 38.2 Å². The fraction of sp³-hybridized carbons (Fsp3) is 0.429. The smallest absolute Gasteiger partial charge is 0.0971 e. The van der Waals surface area contributed by atoms with Crippen molar-refractivity contribution in [1.82, 2.24) is 0 Å². The van der Waals surface area contributed by atoms with E-state index in [4.69, 9.17) is 0 Å². The van der Waals surface area contributed by atoms with Crippen molar-refractivity contribution in [1.29, 1.82) is 0 Å². The van der Waals surface area contributed by atoms with Crippen LogP contribution in [0.15, 0.2) is 40.6 Å². The van der Waals surface area contributed by atoms with Crippen molar-refractivity contribution in [3.05, 3.63) is 41.3 Å². The van der Waals surface area contributed by atoms with Gasteiger partial charge in [-0.05, 0) is 31.9 Å². The molecule has 0 fully saturated rings. The Bertz CT molecular complexity index is 430. The third kappa shape index (κ3) is 3.05. The van der Waals surface area contributed by atoms with E-state index in [1.807, 2.05) is 45.0 Å². The molecule has 0 aromatic heterocycles. The number of benzene rings is 1. The lowest BCUT2D eigenvalue weighted by atomic mass is 9.93. The first-order chi connectivity index (χ1) is 7.76. The molecule has 1 rings (SSSR count). The zero-order chi connectivity index (χ0) is 13.2. The lowest BCUT2D eigenvalue weighted by Gasteiger charge is -2.29. The number of hydrogen-bond donors (Lipinski definition) is 1. The van der Waals surface area contributed by atoms with Gasteiger partial charge in [-0.3, -0.25) is 0 Å². The maximum Gasteiger partial charge on any atom is 0.0971 e. The van der Waals surface area contributed by atoms with Crippen LogP contribution in [0, 0.1) is 12.8 Å². The summed E-state index contributed by atoms with van der Waals surface area (Å²) in [5.41, 5.74) is 0.00225. The van der Waals surface area contributed by atoms with E-state index >= 15 is 0 Å². The molecule has 1 aromatic carbocycles. The molecule has 0 aliphatic heterocycles. The highest BCUT2D eigenvalue weighted by Gasteiger charge is 2.32. The Labute approximate surface area is 106 Å². The number of rotatable bonds is 4. The van der Waals surface area contributed by atoms with Crippen LogP contribution in [0.1, 0.15) is 26.3 Å². The van der Waals surface area contributed by atoms with Gasteiger partial charge in [0.1, 0.15) is 0 Å². The fourth-order valence-electron chi connectivity index (χ4n) is 1.31. The molecule has 1 aromatic rings. The molecule has 2 atom stereocenters. The van der Waals surface area contributed by atoms with Crippen molar-refractivity contribution in [3.63, 3.8) is 0 Å². The molecule has 0 radical (unpaired) electrons. The van der Waals surface area contributed by atoms with E-state index in [0.29, 0.717) is 9.80 Å². The highest BCUT2D eigenvalue weighted by Crippen LogP contribution is 2.29. The third-order valence-electron chi connectivity index (χ3n) is 3.15. The van der Waals surface area contributed by atoms with Crippen molar-refractivity contribution in [3.8, 4) is 0 Å². The summed E-state index contributed by atoms with van der Waals surface area (Å²) in [5, 5.41) is 10.3. The molecule has 0 aliphatic rings. The van der Waals surface area contributed by atoms with Crippen LogP contribution >= 0.6 is 0 Å². The van der Waals surface area contributed by atoms with Gasteiger partial charge in [-0.25, -0.2) is 4.21 Å². The molecule has 17 heavy (non-hydrogen) atoms. The number of hydrogen-bond acceptors (Lipinski definition) is 2. The van der Waals surface area contributed by atoms with Gasteiger partial charge in [0.15, 0.2) is 0 Å². The first kappa shape index (κ1) is 14.1. The van der Waals surface area contributed by atoms with Crippen molar-refractivity contribution in [2.75, 3.05) is 0 Å². The summed E-state index contributed by atoms with van der Waals surface area (Å²) in [6.07, 6.45) is 0. The van der Waals surface area contributed by atoms with Gasteiger partial charge in [0.2, 0.25) is 0 Å². The monoisotopic (exact) mass is 252 g/mol. The Morgan fingerprint density at radius 1 is 1.35 bits per heavy atom. The van der Waals surface area contributed by atoms with Crippen molar-refractivity contribution in [2.24, 2.45) is 5.92 Å². The molecular formula is C14H20O2S. The zero-order valence-electron chi connectivity index (χ0n) is 10.9. The average Bonchev–Trinajstić information content (AvgIpc) is 2.27. The van der Waals surface area contributed by atoms with Crippen LogP contribution in [0.2, 0.25) is 0 Å². The number of aliphatic hydroxyl groups is 1. The van der Waals surface area contributed by atoms with Crippen LogP contribution in [-0.2, 0) is 10.8 Å². The van der Waals surface area contributed by atoms with Crippen LogP contribution in [-0.4, -0.2) is 14.9 Å². The topological polar surface area (TPSA) is 37.3 Å². The molecule has 0 amide bonds. The molecule has 2 nitrogen and oxygen atoms in total. The largest absolute Gasteiger partial charge is 0.385 e. The van der Waals surface area contributed by atoms with E-state index < -0.39 is 16.4 Å². The minimum atomic E-state index is -1.37. The van der Waals surface area contributed by atoms with Crippen LogP contribution in [0.5, 0.6) is 0 Å². The molecule has 0 heterocycles. The molecule has 94 valence electrons. The minimum Gasteiger partial charge on any atom is -0.385 e. The Morgan fingerprint density at radius 3 is 2.24 bits per heavy atom. The van der Waals surface area contributed by atoms with Crippen LogP contribution in [0.3, 0.4) is 0 Å². The van der Waals surface area contributed by atoms with E-state index in [1.54, 1.807) is 6.92 Å². The van der Waals surface area contributed by atoms with Gasteiger partial charge in [0, 0.05) is 9.80 Å². The van der Waals surface area contributed by atoms with Gasteiger partial charge < -0.3 is 5.11 Å². The highest BCUT2D eigenvalue weighted by atomic mass is 32.2. The predicted octanol–water partition coefficient (Wildman–Crippen LogP) is 3.02. The van der Waals surface area contributed by atoms with Crippen LogP contribution < -0.4 is 0 Å². The molecule has 3 heteroatoms. The Morgan fingerprint density at radius 2 is 1.82 bits per heavy atom. The molecule has 1 N–H and O–H groups in total. The maximum atomic E-state index is 12.3. The maximum absolute atomic E-state index is 12.3. The zero-order valence-corrected chi connectivity index (χ0v) is 11.7. The highest BCUT2D eigenvalue weighted by molar-refractivity contribution is 7.89. The average molecular weight is 252 g/mol. The van der Waals surface area contributed by atoms with Gasteiger partial charge in [-0.2, -0.15) is 0 Å². The lowest BCUT2D eigenvalue weighted by Crippen LogP contribution is -2.34. The predicted molar refractivity (Wildman–Crippen MR) is 72.2 cm³/mol. The molecule has 0 aliphatic carbocycles. The van der Waals surface area contributed by atoms with E-state index in [9.17, 15) is 9.32 Å². The Kier molecular flexibility index (Phi) is 4.28. The van der Waals surface area contributed by atoms with E-state index in [-0.39, 0.29) is 5.92 Å². The van der Waals surface area contributed by atoms with Crippen LogP contribution in [0.4, 0.5) is 0 Å². The first-order valence-electron chi connectivity index (χ1n) is 5.67. The lowest BCUT2D eigenvalue weighted by molar-refractivity contribution is 0.0586. The molecule has 0 bridgehead atoms. The summed E-state index contributed by atoms with van der Waals surface area (Å²) in [4.78, 5) is 1.04. The van der Waals surface area contributed by atoms with E-state index in [2.05, 4.69) is 6.58 Å². The van der Waals surface area contributed by atoms with E-state index in [1.165, 1.54) is 0 Å². The van der Waals surface area contributed by atoms with Gasteiger partial charge in [-0.15, -0.1) is 0 Å². The summed E-state index contributed by atoms with van der Waals surface area (Å²) >= 11 is 0. The second-order valence-corrected chi connectivity index (χ2v) is 6.31. The minimum absolute atomic E-state index is 0.0237. The van der Waals surface area contributed by atoms with Gasteiger partial charge >= 0.3 is 0 Å².